The van der Waals surface area contributed by atoms with Crippen LogP contribution in [0.25, 0.3) is 11.1 Å². The summed E-state index contributed by atoms with van der Waals surface area (Å²) in [4.78, 5) is 16.2. The van der Waals surface area contributed by atoms with Crippen LogP contribution in [0.4, 0.5) is 0 Å². The molecule has 1 heterocycles. The first-order chi connectivity index (χ1) is 12.6. The van der Waals surface area contributed by atoms with Crippen molar-refractivity contribution in [2.24, 2.45) is 0 Å². The number of carbonyl (C=O) groups is 1. The maximum Gasteiger partial charge on any atom is 0.325 e. The summed E-state index contributed by atoms with van der Waals surface area (Å²) in [6.07, 6.45) is 0. The molecular weight excluding hydrogens is 328 g/mol. The minimum atomic E-state index is -0.820. The van der Waals surface area contributed by atoms with Crippen molar-refractivity contribution >= 4 is 5.97 Å². The molecule has 2 aromatic carbocycles. The molecule has 0 aliphatic carbocycles. The molecule has 5 nitrogen and oxygen atoms in total. The van der Waals surface area contributed by atoms with E-state index in [9.17, 15) is 9.90 Å². The molecule has 1 aliphatic rings. The van der Waals surface area contributed by atoms with Gasteiger partial charge >= 0.3 is 5.97 Å². The first-order valence-corrected chi connectivity index (χ1v) is 9.03. The molecule has 0 radical (unpaired) electrons. The predicted octanol–water partition coefficient (Wildman–Crippen LogP) is 2.74. The van der Waals surface area contributed by atoms with Crippen LogP contribution in [0, 0.1) is 0 Å². The SMILES string of the molecule is CN(CCN1CCOCC1)[C@@H](C(=O)O)c1cccc(-c2ccccc2)c1. The summed E-state index contributed by atoms with van der Waals surface area (Å²) in [5.41, 5.74) is 2.94. The molecule has 1 aliphatic heterocycles. The molecule has 1 atom stereocenters. The van der Waals surface area contributed by atoms with Crippen molar-refractivity contribution in [2.45, 2.75) is 6.04 Å². The smallest absolute Gasteiger partial charge is 0.325 e. The minimum Gasteiger partial charge on any atom is -0.480 e. The second-order valence-corrected chi connectivity index (χ2v) is 6.67. The molecule has 3 rings (SSSR count). The number of carboxylic acids is 1. The Morgan fingerprint density at radius 2 is 1.81 bits per heavy atom. The Bertz CT molecular complexity index is 714. The van der Waals surface area contributed by atoms with Gasteiger partial charge in [-0.1, -0.05) is 48.5 Å². The van der Waals surface area contributed by atoms with E-state index in [2.05, 4.69) is 4.90 Å². The van der Waals surface area contributed by atoms with Crippen molar-refractivity contribution in [3.63, 3.8) is 0 Å². The van der Waals surface area contributed by atoms with E-state index in [1.807, 2.05) is 66.5 Å². The highest BCUT2D eigenvalue weighted by molar-refractivity contribution is 5.76. The third-order valence-electron chi connectivity index (χ3n) is 4.86. The Morgan fingerprint density at radius 3 is 2.50 bits per heavy atom. The molecule has 0 bridgehead atoms. The zero-order valence-corrected chi connectivity index (χ0v) is 15.2. The highest BCUT2D eigenvalue weighted by Crippen LogP contribution is 2.26. The fourth-order valence-electron chi connectivity index (χ4n) is 3.36. The number of nitrogens with zero attached hydrogens (tertiary/aromatic N) is 2. The minimum absolute atomic E-state index is 0.653. The van der Waals surface area contributed by atoms with E-state index in [0.29, 0.717) is 6.54 Å². The third kappa shape index (κ3) is 4.69. The van der Waals surface area contributed by atoms with Gasteiger partial charge in [-0.15, -0.1) is 0 Å². The lowest BCUT2D eigenvalue weighted by Gasteiger charge is -2.31. The van der Waals surface area contributed by atoms with Crippen LogP contribution < -0.4 is 0 Å². The Hall–Kier alpha value is -2.21. The lowest BCUT2D eigenvalue weighted by atomic mass is 9.99. The number of carboxylic acid groups (broad SMARTS) is 1. The average Bonchev–Trinajstić information content (AvgIpc) is 2.68. The lowest BCUT2D eigenvalue weighted by Crippen LogP contribution is -2.42. The molecule has 0 amide bonds. The number of aliphatic carboxylic acids is 1. The van der Waals surface area contributed by atoms with Crippen LogP contribution in [-0.4, -0.2) is 67.3 Å². The summed E-state index contributed by atoms with van der Waals surface area (Å²) in [6.45, 7) is 4.88. The number of morpholine rings is 1. The van der Waals surface area contributed by atoms with Gasteiger partial charge in [0.2, 0.25) is 0 Å². The van der Waals surface area contributed by atoms with Crippen LogP contribution >= 0.6 is 0 Å². The molecule has 26 heavy (non-hydrogen) atoms. The standard InChI is InChI=1S/C21H26N2O3/c1-22(10-11-23-12-14-26-15-13-23)20(21(24)25)19-9-5-8-18(16-19)17-6-3-2-4-7-17/h2-9,16,20H,10-15H2,1H3,(H,24,25)/t20-/m1/s1. The van der Waals surface area contributed by atoms with E-state index in [0.717, 1.165) is 49.5 Å². The molecule has 0 unspecified atom stereocenters. The van der Waals surface area contributed by atoms with Crippen molar-refractivity contribution in [3.05, 3.63) is 60.2 Å². The summed E-state index contributed by atoms with van der Waals surface area (Å²) in [6, 6.07) is 17.2. The van der Waals surface area contributed by atoms with E-state index in [1.165, 1.54) is 0 Å². The van der Waals surface area contributed by atoms with Gasteiger partial charge in [-0.05, 0) is 29.8 Å². The summed E-state index contributed by atoms with van der Waals surface area (Å²) in [7, 11) is 1.88. The Labute approximate surface area is 154 Å². The quantitative estimate of drug-likeness (QED) is 0.829. The van der Waals surface area contributed by atoms with Crippen molar-refractivity contribution < 1.29 is 14.6 Å². The topological polar surface area (TPSA) is 53.0 Å². The summed E-state index contributed by atoms with van der Waals surface area (Å²) in [5, 5.41) is 9.82. The van der Waals surface area contributed by atoms with E-state index in [1.54, 1.807) is 0 Å². The number of hydrogen-bond acceptors (Lipinski definition) is 4. The fraction of sp³-hybridized carbons (Fsp3) is 0.381. The molecule has 138 valence electrons. The van der Waals surface area contributed by atoms with Crippen molar-refractivity contribution in [1.29, 1.82) is 0 Å². The van der Waals surface area contributed by atoms with Crippen molar-refractivity contribution in [2.75, 3.05) is 46.4 Å². The second-order valence-electron chi connectivity index (χ2n) is 6.67. The van der Waals surface area contributed by atoms with Gasteiger partial charge in [0.05, 0.1) is 13.2 Å². The van der Waals surface area contributed by atoms with E-state index >= 15 is 0 Å². The Balaban J connectivity index is 1.73. The monoisotopic (exact) mass is 354 g/mol. The van der Waals surface area contributed by atoms with Crippen molar-refractivity contribution in [1.82, 2.24) is 9.80 Å². The number of rotatable bonds is 7. The zero-order chi connectivity index (χ0) is 18.4. The third-order valence-corrected chi connectivity index (χ3v) is 4.86. The molecule has 1 saturated heterocycles. The van der Waals surface area contributed by atoms with Gasteiger partial charge in [0.1, 0.15) is 6.04 Å². The van der Waals surface area contributed by atoms with E-state index < -0.39 is 12.0 Å². The van der Waals surface area contributed by atoms with Crippen LogP contribution in [0.15, 0.2) is 54.6 Å². The van der Waals surface area contributed by atoms with Crippen LogP contribution in [-0.2, 0) is 9.53 Å². The number of ether oxygens (including phenoxy) is 1. The largest absolute Gasteiger partial charge is 0.480 e. The van der Waals surface area contributed by atoms with Gasteiger partial charge in [-0.2, -0.15) is 0 Å². The first-order valence-electron chi connectivity index (χ1n) is 9.03. The first kappa shape index (κ1) is 18.6. The summed E-state index contributed by atoms with van der Waals surface area (Å²) >= 11 is 0. The molecular formula is C21H26N2O3. The summed E-state index contributed by atoms with van der Waals surface area (Å²) in [5.74, 6) is -0.820. The number of hydrogen-bond donors (Lipinski definition) is 1. The van der Waals surface area contributed by atoms with Crippen LogP contribution in [0.3, 0.4) is 0 Å². The number of benzene rings is 2. The molecule has 0 spiro atoms. The van der Waals surface area contributed by atoms with E-state index in [-0.39, 0.29) is 0 Å². The maximum absolute atomic E-state index is 12.0. The molecule has 0 saturated carbocycles. The Morgan fingerprint density at radius 1 is 1.12 bits per heavy atom. The van der Waals surface area contributed by atoms with Gasteiger partial charge in [0.15, 0.2) is 0 Å². The molecule has 1 N–H and O–H groups in total. The van der Waals surface area contributed by atoms with Gasteiger partial charge in [0, 0.05) is 26.2 Å². The van der Waals surface area contributed by atoms with Crippen molar-refractivity contribution in [3.8, 4) is 11.1 Å². The fourth-order valence-corrected chi connectivity index (χ4v) is 3.36. The summed E-state index contributed by atoms with van der Waals surface area (Å²) < 4.78 is 5.37. The van der Waals surface area contributed by atoms with Gasteiger partial charge in [-0.3, -0.25) is 14.6 Å². The molecule has 5 heteroatoms. The molecule has 0 aromatic heterocycles. The predicted molar refractivity (Wildman–Crippen MR) is 102 cm³/mol. The van der Waals surface area contributed by atoms with Crippen LogP contribution in [0.1, 0.15) is 11.6 Å². The highest BCUT2D eigenvalue weighted by atomic mass is 16.5. The van der Waals surface area contributed by atoms with Crippen LogP contribution in [0.2, 0.25) is 0 Å². The van der Waals surface area contributed by atoms with Gasteiger partial charge < -0.3 is 9.84 Å². The average molecular weight is 354 g/mol. The highest BCUT2D eigenvalue weighted by Gasteiger charge is 2.25. The maximum atomic E-state index is 12.0. The van der Waals surface area contributed by atoms with E-state index in [4.69, 9.17) is 4.74 Å². The number of likely N-dealkylation sites (N-methyl/N-ethyl adjacent to an activating group) is 1. The van der Waals surface area contributed by atoms with Gasteiger partial charge in [-0.25, -0.2) is 0 Å². The second kappa shape index (κ2) is 8.94. The lowest BCUT2D eigenvalue weighted by molar-refractivity contribution is -0.143. The Kier molecular flexibility index (Phi) is 6.39. The van der Waals surface area contributed by atoms with Gasteiger partial charge in [0.25, 0.3) is 0 Å². The van der Waals surface area contributed by atoms with Crippen LogP contribution in [0.5, 0.6) is 0 Å². The molecule has 2 aromatic rings. The molecule has 1 fully saturated rings. The zero-order valence-electron chi connectivity index (χ0n) is 15.2. The normalized spacial score (nSPS) is 16.5.